The van der Waals surface area contributed by atoms with Crippen molar-refractivity contribution in [3.05, 3.63) is 75.3 Å². The summed E-state index contributed by atoms with van der Waals surface area (Å²) in [5.74, 6) is -0.176. The SMILES string of the molecule is Cc1cc(OC(=O)Cc2csc(-c3ccccc3)n2)ccc1[N+](=O)[O-]. The van der Waals surface area contributed by atoms with E-state index in [1.807, 2.05) is 35.7 Å². The first-order chi connectivity index (χ1) is 12.0. The van der Waals surface area contributed by atoms with Crippen LogP contribution in [0.4, 0.5) is 5.69 Å². The standard InChI is InChI=1S/C18H14N2O4S/c1-12-9-15(7-8-16(12)20(22)23)24-17(21)10-14-11-25-18(19-14)13-5-3-2-4-6-13/h2-9,11H,10H2,1H3. The monoisotopic (exact) mass is 354 g/mol. The van der Waals surface area contributed by atoms with Crippen LogP contribution in [0.2, 0.25) is 0 Å². The number of hydrogen-bond acceptors (Lipinski definition) is 6. The van der Waals surface area contributed by atoms with Gasteiger partial charge in [-0.3, -0.25) is 14.9 Å². The molecule has 0 radical (unpaired) electrons. The van der Waals surface area contributed by atoms with Gasteiger partial charge in [-0.15, -0.1) is 11.3 Å². The van der Waals surface area contributed by atoms with Crippen molar-refractivity contribution in [3.63, 3.8) is 0 Å². The average molecular weight is 354 g/mol. The number of hydrogen-bond donors (Lipinski definition) is 0. The Hall–Kier alpha value is -3.06. The van der Waals surface area contributed by atoms with Gasteiger partial charge in [0.1, 0.15) is 10.8 Å². The number of carbonyl (C=O) groups excluding carboxylic acids is 1. The number of nitrogens with zero attached hydrogens (tertiary/aromatic N) is 2. The van der Waals surface area contributed by atoms with Crippen LogP contribution in [0.15, 0.2) is 53.9 Å². The van der Waals surface area contributed by atoms with E-state index < -0.39 is 10.9 Å². The van der Waals surface area contributed by atoms with Crippen LogP contribution in [0.1, 0.15) is 11.3 Å². The first kappa shape index (κ1) is 16.8. The summed E-state index contributed by atoms with van der Waals surface area (Å²) in [5.41, 5.74) is 2.06. The molecule has 0 saturated heterocycles. The van der Waals surface area contributed by atoms with Crippen molar-refractivity contribution in [2.24, 2.45) is 0 Å². The van der Waals surface area contributed by atoms with Crippen LogP contribution >= 0.6 is 11.3 Å². The van der Waals surface area contributed by atoms with Crippen molar-refractivity contribution >= 4 is 23.0 Å². The average Bonchev–Trinajstić information content (AvgIpc) is 3.03. The van der Waals surface area contributed by atoms with E-state index in [1.54, 1.807) is 6.92 Å². The Labute approximate surface area is 147 Å². The molecule has 0 aliphatic heterocycles. The van der Waals surface area contributed by atoms with E-state index >= 15 is 0 Å². The van der Waals surface area contributed by atoms with E-state index in [2.05, 4.69) is 4.98 Å². The number of ether oxygens (including phenoxy) is 1. The van der Waals surface area contributed by atoms with Crippen molar-refractivity contribution in [1.29, 1.82) is 0 Å². The summed E-state index contributed by atoms with van der Waals surface area (Å²) >= 11 is 1.46. The van der Waals surface area contributed by atoms with E-state index in [9.17, 15) is 14.9 Å². The third-order valence-corrected chi connectivity index (χ3v) is 4.43. The van der Waals surface area contributed by atoms with E-state index in [1.165, 1.54) is 29.5 Å². The second-order valence-electron chi connectivity index (χ2n) is 5.37. The number of thiazole rings is 1. The van der Waals surface area contributed by atoms with Crippen molar-refractivity contribution < 1.29 is 14.5 Å². The topological polar surface area (TPSA) is 82.3 Å². The van der Waals surface area contributed by atoms with Crippen LogP contribution in [0.25, 0.3) is 10.6 Å². The highest BCUT2D eigenvalue weighted by Gasteiger charge is 2.14. The van der Waals surface area contributed by atoms with E-state index in [4.69, 9.17) is 4.74 Å². The molecule has 0 aliphatic rings. The Morgan fingerprint density at radius 3 is 2.68 bits per heavy atom. The number of rotatable bonds is 5. The van der Waals surface area contributed by atoms with Gasteiger partial charge in [0.05, 0.1) is 17.0 Å². The molecular formula is C18H14N2O4S. The quantitative estimate of drug-likeness (QED) is 0.297. The fourth-order valence-corrected chi connectivity index (χ4v) is 3.14. The van der Waals surface area contributed by atoms with Gasteiger partial charge < -0.3 is 4.74 Å². The van der Waals surface area contributed by atoms with Gasteiger partial charge in [-0.1, -0.05) is 30.3 Å². The molecular weight excluding hydrogens is 340 g/mol. The minimum Gasteiger partial charge on any atom is -0.426 e. The van der Waals surface area contributed by atoms with Crippen LogP contribution in [-0.4, -0.2) is 15.9 Å². The lowest BCUT2D eigenvalue weighted by Crippen LogP contribution is -2.11. The van der Waals surface area contributed by atoms with Crippen molar-refractivity contribution in [3.8, 4) is 16.3 Å². The summed E-state index contributed by atoms with van der Waals surface area (Å²) in [6.45, 7) is 1.60. The highest BCUT2D eigenvalue weighted by Crippen LogP contribution is 2.25. The number of nitro benzene ring substituents is 1. The van der Waals surface area contributed by atoms with Crippen LogP contribution in [0.5, 0.6) is 5.75 Å². The predicted molar refractivity (Wildman–Crippen MR) is 94.7 cm³/mol. The second kappa shape index (κ2) is 7.23. The highest BCUT2D eigenvalue weighted by molar-refractivity contribution is 7.13. The Bertz CT molecular complexity index is 922. The smallest absolute Gasteiger partial charge is 0.317 e. The number of nitro groups is 1. The van der Waals surface area contributed by atoms with Crippen LogP contribution in [0.3, 0.4) is 0 Å². The zero-order chi connectivity index (χ0) is 17.8. The zero-order valence-electron chi connectivity index (χ0n) is 13.3. The van der Waals surface area contributed by atoms with Gasteiger partial charge in [-0.25, -0.2) is 4.98 Å². The Morgan fingerprint density at radius 2 is 2.00 bits per heavy atom. The van der Waals surface area contributed by atoms with Crippen molar-refractivity contribution in [2.45, 2.75) is 13.3 Å². The number of aromatic nitrogens is 1. The highest BCUT2D eigenvalue weighted by atomic mass is 32.1. The molecule has 2 aromatic carbocycles. The molecule has 126 valence electrons. The predicted octanol–water partition coefficient (Wildman–Crippen LogP) is 4.17. The molecule has 0 spiro atoms. The summed E-state index contributed by atoms with van der Waals surface area (Å²) in [7, 11) is 0. The third kappa shape index (κ3) is 4.07. The molecule has 0 amide bonds. The summed E-state index contributed by atoms with van der Waals surface area (Å²) in [4.78, 5) is 26.8. The molecule has 0 atom stereocenters. The Morgan fingerprint density at radius 1 is 1.24 bits per heavy atom. The molecule has 7 heteroatoms. The second-order valence-corrected chi connectivity index (χ2v) is 6.22. The molecule has 6 nitrogen and oxygen atoms in total. The van der Waals surface area contributed by atoms with Crippen molar-refractivity contribution in [2.75, 3.05) is 0 Å². The van der Waals surface area contributed by atoms with Gasteiger partial charge in [-0.2, -0.15) is 0 Å². The Balaban J connectivity index is 1.66. The minimum absolute atomic E-state index is 0.00759. The largest absolute Gasteiger partial charge is 0.426 e. The van der Waals surface area contributed by atoms with Gasteiger partial charge in [0.2, 0.25) is 0 Å². The molecule has 1 heterocycles. The van der Waals surface area contributed by atoms with Crippen LogP contribution < -0.4 is 4.74 Å². The summed E-state index contributed by atoms with van der Waals surface area (Å²) < 4.78 is 5.25. The van der Waals surface area contributed by atoms with E-state index in [-0.39, 0.29) is 17.9 Å². The van der Waals surface area contributed by atoms with Gasteiger partial charge in [0.15, 0.2) is 0 Å². The van der Waals surface area contributed by atoms with Crippen LogP contribution in [-0.2, 0) is 11.2 Å². The minimum atomic E-state index is -0.471. The molecule has 0 fully saturated rings. The van der Waals surface area contributed by atoms with E-state index in [0.717, 1.165) is 10.6 Å². The molecule has 0 unspecified atom stereocenters. The maximum atomic E-state index is 12.1. The zero-order valence-corrected chi connectivity index (χ0v) is 14.2. The molecule has 0 bridgehead atoms. The molecule has 0 aliphatic carbocycles. The molecule has 3 rings (SSSR count). The van der Waals surface area contributed by atoms with Crippen LogP contribution in [0, 0.1) is 17.0 Å². The lowest BCUT2D eigenvalue weighted by atomic mass is 10.2. The first-order valence-corrected chi connectivity index (χ1v) is 8.36. The summed E-state index contributed by atoms with van der Waals surface area (Å²) in [5, 5.41) is 13.5. The molecule has 0 N–H and O–H groups in total. The third-order valence-electron chi connectivity index (χ3n) is 3.49. The number of benzene rings is 2. The molecule has 3 aromatic rings. The van der Waals surface area contributed by atoms with Gasteiger partial charge >= 0.3 is 5.97 Å². The summed E-state index contributed by atoms with van der Waals surface area (Å²) in [6, 6.07) is 13.9. The molecule has 0 saturated carbocycles. The van der Waals surface area contributed by atoms with Crippen molar-refractivity contribution in [1.82, 2.24) is 4.98 Å². The molecule has 1 aromatic heterocycles. The fourth-order valence-electron chi connectivity index (χ4n) is 2.31. The number of esters is 1. The number of carbonyl (C=O) groups is 1. The van der Waals surface area contributed by atoms with E-state index in [0.29, 0.717) is 11.3 Å². The maximum Gasteiger partial charge on any atom is 0.317 e. The van der Waals surface area contributed by atoms with Gasteiger partial charge in [0, 0.05) is 22.6 Å². The maximum absolute atomic E-state index is 12.1. The number of aryl methyl sites for hydroxylation is 1. The summed E-state index contributed by atoms with van der Waals surface area (Å²) in [6.07, 6.45) is 0.0410. The van der Waals surface area contributed by atoms with Gasteiger partial charge in [-0.05, 0) is 19.1 Å². The van der Waals surface area contributed by atoms with Gasteiger partial charge in [0.25, 0.3) is 5.69 Å². The lowest BCUT2D eigenvalue weighted by Gasteiger charge is -2.04. The first-order valence-electron chi connectivity index (χ1n) is 7.48. The lowest BCUT2D eigenvalue weighted by molar-refractivity contribution is -0.385. The normalized spacial score (nSPS) is 10.4. The Kier molecular flexibility index (Phi) is 4.85. The molecule has 25 heavy (non-hydrogen) atoms. The fraction of sp³-hybridized carbons (Fsp3) is 0.111.